The number of urea groups is 1. The van der Waals surface area contributed by atoms with Gasteiger partial charge < -0.3 is 25.0 Å². The molecule has 1 unspecified atom stereocenters. The molecular weight excluding hydrogens is 370 g/mol. The lowest BCUT2D eigenvalue weighted by Gasteiger charge is -2.18. The molecule has 0 aliphatic carbocycles. The number of hydrogen-bond acceptors (Lipinski definition) is 4. The van der Waals surface area contributed by atoms with E-state index in [2.05, 4.69) is 10.6 Å². The van der Waals surface area contributed by atoms with Crippen LogP contribution in [0.25, 0.3) is 0 Å². The smallest absolute Gasteiger partial charge is 0.319 e. The number of anilines is 2. The number of hydrogen-bond donors (Lipinski definition) is 2. The number of carbonyl (C=O) groups is 2. The summed E-state index contributed by atoms with van der Waals surface area (Å²) in [5.74, 6) is 1.10. The van der Waals surface area contributed by atoms with Crippen molar-refractivity contribution in [3.05, 3.63) is 47.5 Å². The maximum atomic E-state index is 12.3. The highest BCUT2D eigenvalue weighted by molar-refractivity contribution is 6.31. The molecule has 1 heterocycles. The molecule has 142 valence electrons. The molecule has 1 aliphatic heterocycles. The van der Waals surface area contributed by atoms with Crippen LogP contribution in [0.4, 0.5) is 16.2 Å². The minimum Gasteiger partial charge on any atom is -0.497 e. The molecule has 0 aromatic heterocycles. The van der Waals surface area contributed by atoms with E-state index < -0.39 is 6.03 Å². The molecule has 1 fully saturated rings. The zero-order valence-corrected chi connectivity index (χ0v) is 15.7. The third-order valence-electron chi connectivity index (χ3n) is 4.23. The van der Waals surface area contributed by atoms with Crippen LogP contribution in [0.1, 0.15) is 6.42 Å². The number of methoxy groups -OCH3 is 2. The van der Waals surface area contributed by atoms with Gasteiger partial charge in [0.15, 0.2) is 0 Å². The van der Waals surface area contributed by atoms with Gasteiger partial charge in [0.25, 0.3) is 0 Å². The predicted molar refractivity (Wildman–Crippen MR) is 104 cm³/mol. The number of nitrogens with zero attached hydrogens (tertiary/aromatic N) is 1. The Balaban J connectivity index is 1.64. The van der Waals surface area contributed by atoms with Gasteiger partial charge in [-0.15, -0.1) is 0 Å². The van der Waals surface area contributed by atoms with E-state index >= 15 is 0 Å². The molecule has 2 aromatic rings. The minimum absolute atomic E-state index is 0.0612. The molecule has 7 nitrogen and oxygen atoms in total. The summed E-state index contributed by atoms with van der Waals surface area (Å²) in [5.41, 5.74) is 1.19. The fraction of sp³-hybridized carbons (Fsp3) is 0.263. The van der Waals surface area contributed by atoms with Gasteiger partial charge in [0.2, 0.25) is 5.91 Å². The summed E-state index contributed by atoms with van der Waals surface area (Å²) < 4.78 is 10.4. The second-order valence-corrected chi connectivity index (χ2v) is 6.49. The van der Waals surface area contributed by atoms with Crippen molar-refractivity contribution in [2.45, 2.75) is 12.5 Å². The third kappa shape index (κ3) is 4.43. The van der Waals surface area contributed by atoms with Crippen LogP contribution in [0.15, 0.2) is 42.5 Å². The molecule has 2 N–H and O–H groups in total. The van der Waals surface area contributed by atoms with Gasteiger partial charge in [-0.1, -0.05) is 17.7 Å². The molecular formula is C19H20ClN3O4. The quantitative estimate of drug-likeness (QED) is 0.822. The molecule has 1 aliphatic rings. The Labute approximate surface area is 162 Å². The number of amides is 3. The molecule has 3 amide bonds. The zero-order valence-electron chi connectivity index (χ0n) is 15.0. The highest BCUT2D eigenvalue weighted by Crippen LogP contribution is 2.28. The largest absolute Gasteiger partial charge is 0.497 e. The van der Waals surface area contributed by atoms with E-state index in [1.807, 2.05) is 18.2 Å². The minimum atomic E-state index is -0.430. The van der Waals surface area contributed by atoms with Crippen LogP contribution in [0.3, 0.4) is 0 Å². The van der Waals surface area contributed by atoms with Crippen molar-refractivity contribution in [1.82, 2.24) is 5.32 Å². The van der Waals surface area contributed by atoms with Crippen molar-refractivity contribution in [2.24, 2.45) is 0 Å². The van der Waals surface area contributed by atoms with Gasteiger partial charge in [0, 0.05) is 29.7 Å². The van der Waals surface area contributed by atoms with Crippen molar-refractivity contribution < 1.29 is 19.1 Å². The van der Waals surface area contributed by atoms with Crippen molar-refractivity contribution in [2.75, 3.05) is 31.0 Å². The fourth-order valence-corrected chi connectivity index (χ4v) is 3.13. The Morgan fingerprint density at radius 2 is 2.00 bits per heavy atom. The fourth-order valence-electron chi connectivity index (χ4n) is 2.95. The summed E-state index contributed by atoms with van der Waals surface area (Å²) in [7, 11) is 3.08. The molecule has 8 heteroatoms. The lowest BCUT2D eigenvalue weighted by atomic mass is 10.2. The van der Waals surface area contributed by atoms with Crippen LogP contribution >= 0.6 is 11.6 Å². The average Bonchev–Trinajstić information content (AvgIpc) is 3.02. The van der Waals surface area contributed by atoms with E-state index in [1.165, 1.54) is 7.11 Å². The standard InChI is InChI=1S/C19H20ClN3O4/c1-26-15-5-3-4-14(10-15)23-11-13(9-18(23)24)21-19(25)22-16-8-12(20)6-7-17(16)27-2/h3-8,10,13H,9,11H2,1-2H3,(H2,21,22,25). The molecule has 1 atom stereocenters. The maximum Gasteiger partial charge on any atom is 0.319 e. The van der Waals surface area contributed by atoms with Crippen molar-refractivity contribution in [3.63, 3.8) is 0 Å². The van der Waals surface area contributed by atoms with E-state index in [1.54, 1.807) is 36.3 Å². The van der Waals surface area contributed by atoms with Gasteiger partial charge in [-0.05, 0) is 30.3 Å². The second-order valence-electron chi connectivity index (χ2n) is 6.05. The molecule has 3 rings (SSSR count). The van der Waals surface area contributed by atoms with Crippen LogP contribution in [0, 0.1) is 0 Å². The Bertz CT molecular complexity index is 859. The summed E-state index contributed by atoms with van der Waals surface area (Å²) in [5, 5.41) is 6.00. The molecule has 0 spiro atoms. The maximum absolute atomic E-state index is 12.3. The Hall–Kier alpha value is -2.93. The van der Waals surface area contributed by atoms with Crippen molar-refractivity contribution in [3.8, 4) is 11.5 Å². The topological polar surface area (TPSA) is 79.9 Å². The monoisotopic (exact) mass is 389 g/mol. The SMILES string of the molecule is COc1cccc(N2CC(NC(=O)Nc3cc(Cl)ccc3OC)CC2=O)c1. The van der Waals surface area contributed by atoms with E-state index in [0.717, 1.165) is 5.69 Å². The molecule has 0 bridgehead atoms. The molecule has 27 heavy (non-hydrogen) atoms. The van der Waals surface area contributed by atoms with Gasteiger partial charge in [0.05, 0.1) is 25.9 Å². The van der Waals surface area contributed by atoms with Crippen molar-refractivity contribution in [1.29, 1.82) is 0 Å². The zero-order chi connectivity index (χ0) is 19.4. The summed E-state index contributed by atoms with van der Waals surface area (Å²) in [6.45, 7) is 0.381. The van der Waals surface area contributed by atoms with Crippen LogP contribution in [-0.2, 0) is 4.79 Å². The van der Waals surface area contributed by atoms with Crippen LogP contribution < -0.4 is 25.0 Å². The molecule has 0 radical (unpaired) electrons. The van der Waals surface area contributed by atoms with Gasteiger partial charge in [-0.2, -0.15) is 0 Å². The summed E-state index contributed by atoms with van der Waals surface area (Å²) in [6.07, 6.45) is 0.220. The first-order valence-corrected chi connectivity index (χ1v) is 8.73. The van der Waals surface area contributed by atoms with Gasteiger partial charge >= 0.3 is 6.03 Å². The number of benzene rings is 2. The highest BCUT2D eigenvalue weighted by atomic mass is 35.5. The van der Waals surface area contributed by atoms with Gasteiger partial charge in [-0.25, -0.2) is 4.79 Å². The van der Waals surface area contributed by atoms with E-state index in [4.69, 9.17) is 21.1 Å². The average molecular weight is 390 g/mol. The number of rotatable bonds is 5. The number of halogens is 1. The Morgan fingerprint density at radius 1 is 1.19 bits per heavy atom. The van der Waals surface area contributed by atoms with Gasteiger partial charge in [-0.3, -0.25) is 4.79 Å². The number of carbonyl (C=O) groups excluding carboxylic acids is 2. The first-order chi connectivity index (χ1) is 13.0. The van der Waals surface area contributed by atoms with Gasteiger partial charge in [0.1, 0.15) is 11.5 Å². The lowest BCUT2D eigenvalue weighted by Crippen LogP contribution is -2.39. The first kappa shape index (κ1) is 18.8. The Morgan fingerprint density at radius 3 is 2.74 bits per heavy atom. The van der Waals surface area contributed by atoms with Crippen molar-refractivity contribution >= 4 is 34.9 Å². The van der Waals surface area contributed by atoms with Crippen LogP contribution in [-0.4, -0.2) is 38.7 Å². The summed E-state index contributed by atoms with van der Waals surface area (Å²) in [6, 6.07) is 11.5. The molecule has 0 saturated carbocycles. The van der Waals surface area contributed by atoms with E-state index in [-0.39, 0.29) is 18.4 Å². The third-order valence-corrected chi connectivity index (χ3v) is 4.47. The van der Waals surface area contributed by atoms with Crippen LogP contribution in [0.5, 0.6) is 11.5 Å². The molecule has 2 aromatic carbocycles. The molecule has 1 saturated heterocycles. The van der Waals surface area contributed by atoms with E-state index in [0.29, 0.717) is 28.8 Å². The van der Waals surface area contributed by atoms with E-state index in [9.17, 15) is 9.59 Å². The highest BCUT2D eigenvalue weighted by Gasteiger charge is 2.31. The second kappa shape index (κ2) is 8.18. The summed E-state index contributed by atoms with van der Waals surface area (Å²) in [4.78, 5) is 26.3. The first-order valence-electron chi connectivity index (χ1n) is 8.35. The van der Waals surface area contributed by atoms with Crippen LogP contribution in [0.2, 0.25) is 5.02 Å². The Kier molecular flexibility index (Phi) is 5.71. The lowest BCUT2D eigenvalue weighted by molar-refractivity contribution is -0.117. The normalized spacial score (nSPS) is 16.2. The number of ether oxygens (including phenoxy) is 2. The summed E-state index contributed by atoms with van der Waals surface area (Å²) >= 11 is 5.97. The predicted octanol–water partition coefficient (Wildman–Crippen LogP) is 3.28. The number of nitrogens with one attached hydrogen (secondary N) is 2.